The summed E-state index contributed by atoms with van der Waals surface area (Å²) in [5.41, 5.74) is 0.679. The van der Waals surface area contributed by atoms with E-state index in [4.69, 9.17) is 0 Å². The van der Waals surface area contributed by atoms with Gasteiger partial charge in [0, 0.05) is 0 Å². The minimum atomic E-state index is 0.679. The first kappa shape index (κ1) is 14.0. The van der Waals surface area contributed by atoms with Gasteiger partial charge in [-0.2, -0.15) is 0 Å². The largest absolute Gasteiger partial charge is 0.106 e. The average Bonchev–Trinajstić information content (AvgIpc) is 2.11. The van der Waals surface area contributed by atoms with Gasteiger partial charge in [0.25, 0.3) is 0 Å². The number of hydrogen-bond donors (Lipinski definition) is 0. The van der Waals surface area contributed by atoms with Crippen molar-refractivity contribution in [3.05, 3.63) is 26.3 Å². The highest BCUT2D eigenvalue weighted by Crippen LogP contribution is 2.34. The second kappa shape index (κ2) is 8.58. The highest BCUT2D eigenvalue weighted by molar-refractivity contribution is 4.72. The van der Waals surface area contributed by atoms with Crippen molar-refractivity contribution in [1.82, 2.24) is 0 Å². The predicted molar refractivity (Wildman–Crippen MR) is 59.4 cm³/mol. The molecule has 0 unspecified atom stereocenters. The maximum absolute atomic E-state index is 3.00. The van der Waals surface area contributed by atoms with Crippen molar-refractivity contribution in [1.29, 1.82) is 0 Å². The lowest BCUT2D eigenvalue weighted by atomic mass is 9.78. The summed E-state index contributed by atoms with van der Waals surface area (Å²) in [4.78, 5) is 0. The van der Waals surface area contributed by atoms with E-state index in [-0.39, 0.29) is 0 Å². The topological polar surface area (TPSA) is 0 Å². The maximum Gasteiger partial charge on any atom is -0.0354 e. The van der Waals surface area contributed by atoms with Crippen molar-refractivity contribution < 1.29 is 0 Å². The van der Waals surface area contributed by atoms with Crippen LogP contribution in [-0.2, 0) is 0 Å². The van der Waals surface area contributed by atoms with Crippen LogP contribution in [0, 0.1) is 5.41 Å². The molecule has 1 fully saturated rings. The van der Waals surface area contributed by atoms with E-state index in [1.54, 1.807) is 0 Å². The molecule has 0 aromatic carbocycles. The summed E-state index contributed by atoms with van der Waals surface area (Å²) in [6.45, 7) is 16.8. The molecule has 0 aromatic rings. The molecule has 0 aliphatic heterocycles. The van der Waals surface area contributed by atoms with Gasteiger partial charge in [0.1, 0.15) is 0 Å². The molecule has 0 bridgehead atoms. The molecule has 0 amide bonds. The Kier molecular flexibility index (Phi) is 10.0. The monoisotopic (exact) mass is 168 g/mol. The normalized spacial score (nSPS) is 19.2. The van der Waals surface area contributed by atoms with Crippen LogP contribution in [0.25, 0.3) is 0 Å². The summed E-state index contributed by atoms with van der Waals surface area (Å²) in [6, 6.07) is 0. The third kappa shape index (κ3) is 7.59. The van der Waals surface area contributed by atoms with Crippen LogP contribution in [0.4, 0.5) is 0 Å². The quantitative estimate of drug-likeness (QED) is 0.464. The lowest BCUT2D eigenvalue weighted by Gasteiger charge is -2.28. The van der Waals surface area contributed by atoms with Gasteiger partial charge in [0.15, 0.2) is 0 Å². The lowest BCUT2D eigenvalue weighted by molar-refractivity contribution is 0.244. The molecule has 0 atom stereocenters. The smallest absolute Gasteiger partial charge is 0.0354 e. The van der Waals surface area contributed by atoms with E-state index in [2.05, 4.69) is 40.2 Å². The van der Waals surface area contributed by atoms with Crippen molar-refractivity contribution in [2.24, 2.45) is 5.41 Å². The molecular formula is C12H24. The summed E-state index contributed by atoms with van der Waals surface area (Å²) in [5, 5.41) is 0. The van der Waals surface area contributed by atoms with Gasteiger partial charge in [-0.1, -0.05) is 33.1 Å². The zero-order chi connectivity index (χ0) is 10.0. The van der Waals surface area contributed by atoms with E-state index >= 15 is 0 Å². The van der Waals surface area contributed by atoms with E-state index < -0.39 is 0 Å². The molecule has 0 radical (unpaired) electrons. The van der Waals surface area contributed by atoms with E-state index in [0.717, 1.165) is 0 Å². The van der Waals surface area contributed by atoms with E-state index in [0.29, 0.717) is 5.41 Å². The fourth-order valence-corrected chi connectivity index (χ4v) is 1.51. The van der Waals surface area contributed by atoms with Crippen molar-refractivity contribution in [2.75, 3.05) is 0 Å². The maximum atomic E-state index is 3.00. The molecule has 0 nitrogen and oxygen atoms in total. The molecule has 1 aliphatic carbocycles. The van der Waals surface area contributed by atoms with Gasteiger partial charge in [-0.3, -0.25) is 0 Å². The summed E-state index contributed by atoms with van der Waals surface area (Å²) < 4.78 is 0. The van der Waals surface area contributed by atoms with Crippen molar-refractivity contribution in [3.63, 3.8) is 0 Å². The van der Waals surface area contributed by atoms with Crippen LogP contribution in [0.2, 0.25) is 0 Å². The van der Waals surface area contributed by atoms with Crippen LogP contribution in [0.3, 0.4) is 0 Å². The fourth-order valence-electron chi connectivity index (χ4n) is 1.51. The van der Waals surface area contributed by atoms with Gasteiger partial charge in [0.2, 0.25) is 0 Å². The molecule has 0 spiro atoms. The zero-order valence-electron chi connectivity index (χ0n) is 8.86. The van der Waals surface area contributed by atoms with Crippen LogP contribution in [0.15, 0.2) is 26.3 Å². The van der Waals surface area contributed by atoms with E-state index in [9.17, 15) is 0 Å². The fraction of sp³-hybridized carbons (Fsp3) is 0.667. The van der Waals surface area contributed by atoms with Crippen LogP contribution < -0.4 is 0 Å². The second-order valence-corrected chi connectivity index (χ2v) is 3.72. The van der Waals surface area contributed by atoms with Crippen molar-refractivity contribution in [3.8, 4) is 0 Å². The minimum Gasteiger partial charge on any atom is -0.106 e. The van der Waals surface area contributed by atoms with Gasteiger partial charge in [-0.15, -0.1) is 26.3 Å². The molecule has 0 N–H and O–H groups in total. The third-order valence-electron chi connectivity index (χ3n) is 2.21. The molecule has 12 heavy (non-hydrogen) atoms. The first-order chi connectivity index (χ1) is 5.71. The Morgan fingerprint density at radius 3 is 1.25 bits per heavy atom. The molecule has 1 aliphatic rings. The average molecular weight is 168 g/mol. The number of hydrogen-bond acceptors (Lipinski definition) is 0. The Morgan fingerprint density at radius 2 is 1.08 bits per heavy atom. The molecule has 72 valence electrons. The Labute approximate surface area is 78.4 Å². The second-order valence-electron chi connectivity index (χ2n) is 3.72. The first-order valence-corrected chi connectivity index (χ1v) is 4.71. The predicted octanol–water partition coefficient (Wildman–Crippen LogP) is 4.58. The summed E-state index contributed by atoms with van der Waals surface area (Å²) in [5.74, 6) is 0. The Hall–Kier alpha value is -0.520. The van der Waals surface area contributed by atoms with Gasteiger partial charge in [-0.25, -0.2) is 0 Å². The number of rotatable bonds is 0. The van der Waals surface area contributed by atoms with Gasteiger partial charge >= 0.3 is 0 Å². The highest BCUT2D eigenvalue weighted by atomic mass is 14.3. The van der Waals surface area contributed by atoms with E-state index in [1.807, 2.05) is 0 Å². The van der Waals surface area contributed by atoms with Gasteiger partial charge in [-0.05, 0) is 18.3 Å². The van der Waals surface area contributed by atoms with Crippen molar-refractivity contribution in [2.45, 2.75) is 46.0 Å². The third-order valence-corrected chi connectivity index (χ3v) is 2.21. The zero-order valence-corrected chi connectivity index (χ0v) is 8.86. The molecule has 1 saturated carbocycles. The molecule has 0 saturated heterocycles. The van der Waals surface area contributed by atoms with Crippen LogP contribution in [-0.4, -0.2) is 0 Å². The molecule has 0 aromatic heterocycles. The Bertz CT molecular complexity index is 82.2. The molecule has 0 heteroatoms. The van der Waals surface area contributed by atoms with Crippen LogP contribution >= 0.6 is 0 Å². The molecule has 1 rings (SSSR count). The summed E-state index contributed by atoms with van der Waals surface area (Å²) in [7, 11) is 0. The van der Waals surface area contributed by atoms with Gasteiger partial charge < -0.3 is 0 Å². The minimum absolute atomic E-state index is 0.679. The van der Waals surface area contributed by atoms with Gasteiger partial charge in [0.05, 0.1) is 0 Å². The van der Waals surface area contributed by atoms with E-state index in [1.165, 1.54) is 32.1 Å². The van der Waals surface area contributed by atoms with Crippen LogP contribution in [0.1, 0.15) is 46.0 Å². The summed E-state index contributed by atoms with van der Waals surface area (Å²) in [6.07, 6.45) is 7.31. The highest BCUT2D eigenvalue weighted by Gasteiger charge is 2.19. The first-order valence-electron chi connectivity index (χ1n) is 4.71. The van der Waals surface area contributed by atoms with Crippen LogP contribution in [0.5, 0.6) is 0 Å². The lowest BCUT2D eigenvalue weighted by Crippen LogP contribution is -2.14. The molecular weight excluding hydrogens is 144 g/mol. The summed E-state index contributed by atoms with van der Waals surface area (Å²) >= 11 is 0. The Balaban J connectivity index is 0. The molecule has 0 heterocycles. The van der Waals surface area contributed by atoms with Crippen molar-refractivity contribution >= 4 is 0 Å². The standard InChI is InChI=1S/C8H16.2C2H4/c1-8(2)6-4-3-5-7-8;2*1-2/h3-7H2,1-2H3;2*1-2H2. The Morgan fingerprint density at radius 1 is 0.750 bits per heavy atom. The SMILES string of the molecule is C=C.C=C.CC1(C)CCCCC1.